The number of nitrogens with zero attached hydrogens (tertiary/aromatic N) is 1. The Morgan fingerprint density at radius 2 is 1.82 bits per heavy atom. The number of hydrogen-bond donors (Lipinski definition) is 1. The summed E-state index contributed by atoms with van der Waals surface area (Å²) in [4.78, 5) is 4.17. The zero-order valence-corrected chi connectivity index (χ0v) is 10.3. The highest BCUT2D eigenvalue weighted by Crippen LogP contribution is 2.24. The first kappa shape index (κ1) is 11.5. The maximum absolute atomic E-state index is 5.23. The second-order valence-electron chi connectivity index (χ2n) is 4.00. The molecule has 1 aromatic heterocycles. The van der Waals surface area contributed by atoms with Crippen LogP contribution in [-0.2, 0) is 0 Å². The fourth-order valence-corrected chi connectivity index (χ4v) is 1.75. The number of methoxy groups -OCH3 is 1. The molecule has 2 aromatic rings. The smallest absolute Gasteiger partial charge is 0.121 e. The molecule has 0 aliphatic carbocycles. The van der Waals surface area contributed by atoms with Crippen LogP contribution in [0.4, 0.5) is 11.4 Å². The summed E-state index contributed by atoms with van der Waals surface area (Å²) in [7, 11) is 1.68. The van der Waals surface area contributed by atoms with Crippen LogP contribution >= 0.6 is 0 Å². The molecular formula is C14H16N2O. The SMILES string of the molecule is COc1ccc(Nc2ccnc(C)c2)cc1C. The van der Waals surface area contributed by atoms with Gasteiger partial charge in [-0.05, 0) is 49.7 Å². The molecule has 0 saturated heterocycles. The largest absolute Gasteiger partial charge is 0.496 e. The molecule has 88 valence electrons. The van der Waals surface area contributed by atoms with E-state index in [0.29, 0.717) is 0 Å². The van der Waals surface area contributed by atoms with E-state index in [1.54, 1.807) is 13.3 Å². The predicted octanol–water partition coefficient (Wildman–Crippen LogP) is 3.45. The summed E-state index contributed by atoms with van der Waals surface area (Å²) < 4.78 is 5.23. The van der Waals surface area contributed by atoms with E-state index < -0.39 is 0 Å². The zero-order valence-electron chi connectivity index (χ0n) is 10.3. The lowest BCUT2D eigenvalue weighted by Gasteiger charge is -2.10. The Hall–Kier alpha value is -2.03. The van der Waals surface area contributed by atoms with E-state index in [2.05, 4.69) is 16.4 Å². The first-order valence-electron chi connectivity index (χ1n) is 5.53. The Balaban J connectivity index is 2.22. The van der Waals surface area contributed by atoms with Crippen LogP contribution in [-0.4, -0.2) is 12.1 Å². The molecule has 3 nitrogen and oxygen atoms in total. The van der Waals surface area contributed by atoms with Gasteiger partial charge in [-0.1, -0.05) is 0 Å². The van der Waals surface area contributed by atoms with E-state index in [9.17, 15) is 0 Å². The lowest BCUT2D eigenvalue weighted by atomic mass is 10.2. The molecule has 1 N–H and O–H groups in total. The minimum atomic E-state index is 0.904. The van der Waals surface area contributed by atoms with Crippen LogP contribution in [0.25, 0.3) is 0 Å². The topological polar surface area (TPSA) is 34.1 Å². The summed E-state index contributed by atoms with van der Waals surface area (Å²) in [5.74, 6) is 0.904. The number of anilines is 2. The summed E-state index contributed by atoms with van der Waals surface area (Å²) in [6, 6.07) is 9.99. The predicted molar refractivity (Wildman–Crippen MR) is 70.0 cm³/mol. The lowest BCUT2D eigenvalue weighted by molar-refractivity contribution is 0.412. The fraction of sp³-hybridized carbons (Fsp3) is 0.214. The maximum atomic E-state index is 5.23. The molecular weight excluding hydrogens is 212 g/mol. The molecule has 2 rings (SSSR count). The van der Waals surface area contributed by atoms with Gasteiger partial charge in [-0.25, -0.2) is 0 Å². The Bertz CT molecular complexity index is 523. The van der Waals surface area contributed by atoms with Crippen LogP contribution in [0, 0.1) is 13.8 Å². The highest BCUT2D eigenvalue weighted by Gasteiger charge is 2.00. The zero-order chi connectivity index (χ0) is 12.3. The van der Waals surface area contributed by atoms with Gasteiger partial charge in [-0.3, -0.25) is 4.98 Å². The summed E-state index contributed by atoms with van der Waals surface area (Å²) in [6.07, 6.45) is 1.80. The highest BCUT2D eigenvalue weighted by molar-refractivity contribution is 5.61. The Morgan fingerprint density at radius 1 is 1.06 bits per heavy atom. The molecule has 3 heteroatoms. The Labute approximate surface area is 101 Å². The van der Waals surface area contributed by atoms with Crippen molar-refractivity contribution in [2.75, 3.05) is 12.4 Å². The Kier molecular flexibility index (Phi) is 3.28. The maximum Gasteiger partial charge on any atom is 0.121 e. The van der Waals surface area contributed by atoms with E-state index in [1.165, 1.54) is 0 Å². The molecule has 1 aromatic carbocycles. The first-order chi connectivity index (χ1) is 8.19. The summed E-state index contributed by atoms with van der Waals surface area (Å²) >= 11 is 0. The third-order valence-corrected chi connectivity index (χ3v) is 2.58. The number of hydrogen-bond acceptors (Lipinski definition) is 3. The van der Waals surface area contributed by atoms with Gasteiger partial charge < -0.3 is 10.1 Å². The molecule has 0 aliphatic heterocycles. The van der Waals surface area contributed by atoms with E-state index in [-0.39, 0.29) is 0 Å². The quantitative estimate of drug-likeness (QED) is 0.873. The summed E-state index contributed by atoms with van der Waals surface area (Å²) in [5.41, 5.74) is 4.21. The van der Waals surface area contributed by atoms with Gasteiger partial charge in [0.1, 0.15) is 5.75 Å². The minimum absolute atomic E-state index is 0.904. The molecule has 0 unspecified atom stereocenters. The first-order valence-corrected chi connectivity index (χ1v) is 5.53. The van der Waals surface area contributed by atoms with Crippen molar-refractivity contribution in [3.63, 3.8) is 0 Å². The summed E-state index contributed by atoms with van der Waals surface area (Å²) in [6.45, 7) is 4.01. The van der Waals surface area contributed by atoms with Crippen LogP contribution in [0.1, 0.15) is 11.3 Å². The van der Waals surface area contributed by atoms with Crippen molar-refractivity contribution in [3.05, 3.63) is 47.8 Å². The van der Waals surface area contributed by atoms with Crippen LogP contribution in [0.3, 0.4) is 0 Å². The molecule has 0 fully saturated rings. The van der Waals surface area contributed by atoms with Crippen molar-refractivity contribution in [2.24, 2.45) is 0 Å². The van der Waals surface area contributed by atoms with Crippen molar-refractivity contribution in [1.29, 1.82) is 0 Å². The van der Waals surface area contributed by atoms with Gasteiger partial charge in [0, 0.05) is 23.3 Å². The second kappa shape index (κ2) is 4.87. The van der Waals surface area contributed by atoms with Crippen molar-refractivity contribution >= 4 is 11.4 Å². The molecule has 0 spiro atoms. The van der Waals surface area contributed by atoms with Gasteiger partial charge in [-0.15, -0.1) is 0 Å². The number of pyridine rings is 1. The van der Waals surface area contributed by atoms with Crippen molar-refractivity contribution < 1.29 is 4.74 Å². The monoisotopic (exact) mass is 228 g/mol. The molecule has 0 radical (unpaired) electrons. The van der Waals surface area contributed by atoms with Gasteiger partial charge in [0.05, 0.1) is 7.11 Å². The van der Waals surface area contributed by atoms with Crippen LogP contribution in [0.15, 0.2) is 36.5 Å². The van der Waals surface area contributed by atoms with Crippen molar-refractivity contribution in [1.82, 2.24) is 4.98 Å². The lowest BCUT2D eigenvalue weighted by Crippen LogP contribution is -1.93. The van der Waals surface area contributed by atoms with Crippen LogP contribution in [0.5, 0.6) is 5.75 Å². The number of ether oxygens (including phenoxy) is 1. The average molecular weight is 228 g/mol. The van der Waals surface area contributed by atoms with E-state index in [4.69, 9.17) is 4.74 Å². The third kappa shape index (κ3) is 2.75. The number of aryl methyl sites for hydroxylation is 2. The van der Waals surface area contributed by atoms with Crippen molar-refractivity contribution in [3.8, 4) is 5.75 Å². The van der Waals surface area contributed by atoms with Gasteiger partial charge in [0.15, 0.2) is 0 Å². The number of rotatable bonds is 3. The van der Waals surface area contributed by atoms with E-state index >= 15 is 0 Å². The summed E-state index contributed by atoms with van der Waals surface area (Å²) in [5, 5.41) is 3.34. The minimum Gasteiger partial charge on any atom is -0.496 e. The van der Waals surface area contributed by atoms with Gasteiger partial charge >= 0.3 is 0 Å². The van der Waals surface area contributed by atoms with E-state index in [1.807, 2.05) is 38.1 Å². The molecule has 0 amide bonds. The normalized spacial score (nSPS) is 10.1. The standard InChI is InChI=1S/C14H16N2O/c1-10-8-12(4-5-14(10)17-3)16-13-6-7-15-11(2)9-13/h4-9H,1-3H3,(H,15,16). The Morgan fingerprint density at radius 3 is 2.47 bits per heavy atom. The van der Waals surface area contributed by atoms with Gasteiger partial charge in [0.2, 0.25) is 0 Å². The highest BCUT2D eigenvalue weighted by atomic mass is 16.5. The average Bonchev–Trinajstić information content (AvgIpc) is 2.29. The van der Waals surface area contributed by atoms with Gasteiger partial charge in [0.25, 0.3) is 0 Å². The third-order valence-electron chi connectivity index (χ3n) is 2.58. The number of aromatic nitrogens is 1. The number of benzene rings is 1. The van der Waals surface area contributed by atoms with Crippen LogP contribution in [0.2, 0.25) is 0 Å². The molecule has 17 heavy (non-hydrogen) atoms. The fourth-order valence-electron chi connectivity index (χ4n) is 1.75. The number of nitrogens with one attached hydrogen (secondary N) is 1. The van der Waals surface area contributed by atoms with E-state index in [0.717, 1.165) is 28.4 Å². The molecule has 0 saturated carbocycles. The van der Waals surface area contributed by atoms with Crippen molar-refractivity contribution in [2.45, 2.75) is 13.8 Å². The van der Waals surface area contributed by atoms with Crippen LogP contribution < -0.4 is 10.1 Å². The second-order valence-corrected chi connectivity index (χ2v) is 4.00. The molecule has 0 atom stereocenters. The molecule has 0 bridgehead atoms. The van der Waals surface area contributed by atoms with Gasteiger partial charge in [-0.2, -0.15) is 0 Å². The molecule has 1 heterocycles. The molecule has 0 aliphatic rings.